The van der Waals surface area contributed by atoms with Crippen LogP contribution in [0.5, 0.6) is 0 Å². The Morgan fingerprint density at radius 3 is 2.50 bits per heavy atom. The molecule has 0 aliphatic carbocycles. The molecule has 3 rings (SSSR count). The summed E-state index contributed by atoms with van der Waals surface area (Å²) in [5, 5.41) is 6.61. The lowest BCUT2D eigenvalue weighted by Crippen LogP contribution is -2.46. The van der Waals surface area contributed by atoms with Crippen LogP contribution in [-0.2, 0) is 14.4 Å². The third-order valence-corrected chi connectivity index (χ3v) is 5.52. The smallest absolute Gasteiger partial charge is 0.254 e. The van der Waals surface area contributed by atoms with Crippen molar-refractivity contribution in [1.29, 1.82) is 0 Å². The molecular weight excluding hydrogens is 408 g/mol. The van der Waals surface area contributed by atoms with Crippen LogP contribution in [0.2, 0.25) is 0 Å². The van der Waals surface area contributed by atoms with E-state index in [4.69, 9.17) is 10.6 Å². The van der Waals surface area contributed by atoms with Crippen LogP contribution in [0.1, 0.15) is 34.3 Å². The van der Waals surface area contributed by atoms with E-state index in [-0.39, 0.29) is 37.7 Å². The monoisotopic (exact) mass is 436 g/mol. The van der Waals surface area contributed by atoms with Gasteiger partial charge >= 0.3 is 0 Å². The van der Waals surface area contributed by atoms with Crippen LogP contribution in [0.3, 0.4) is 0 Å². The molecule has 0 aromatic heterocycles. The van der Waals surface area contributed by atoms with Gasteiger partial charge in [-0.05, 0) is 48.2 Å². The molecule has 2 aromatic rings. The quantitative estimate of drug-likeness (QED) is 0.648. The number of carbonyl (C=O) groups excluding carboxylic acids is 3. The Balaban J connectivity index is 1.84. The Bertz CT molecular complexity index is 1060. The number of hydrogen-bond donors (Lipinski definition) is 2. The molecule has 2 aromatic carbocycles. The number of rotatable bonds is 7. The highest BCUT2D eigenvalue weighted by Gasteiger charge is 2.38. The van der Waals surface area contributed by atoms with Gasteiger partial charge in [-0.25, -0.2) is 0 Å². The van der Waals surface area contributed by atoms with Gasteiger partial charge in [-0.2, -0.15) is 0 Å². The van der Waals surface area contributed by atoms with Gasteiger partial charge in [-0.15, -0.1) is 0 Å². The zero-order chi connectivity index (χ0) is 23.3. The second-order valence-corrected chi connectivity index (χ2v) is 7.85. The number of hydrogen-bond acceptors (Lipinski definition) is 5. The van der Waals surface area contributed by atoms with E-state index < -0.39 is 11.9 Å². The minimum atomic E-state index is -0.736. The Morgan fingerprint density at radius 2 is 1.84 bits per heavy atom. The van der Waals surface area contributed by atoms with Gasteiger partial charge in [0.15, 0.2) is 0 Å². The molecule has 3 amide bonds. The fourth-order valence-electron chi connectivity index (χ4n) is 3.91. The molecule has 0 unspecified atom stereocenters. The maximum Gasteiger partial charge on any atom is 0.254 e. The average Bonchev–Trinajstić information content (AvgIpc) is 3.18. The predicted molar refractivity (Wildman–Crippen MR) is 122 cm³/mol. The fourth-order valence-corrected chi connectivity index (χ4v) is 3.91. The summed E-state index contributed by atoms with van der Waals surface area (Å²) in [7, 11) is 1.42. The largest absolute Gasteiger partial charge is 0.399 e. The van der Waals surface area contributed by atoms with E-state index in [9.17, 15) is 14.4 Å². The number of amides is 3. The van der Waals surface area contributed by atoms with Crippen molar-refractivity contribution in [1.82, 2.24) is 10.2 Å². The van der Waals surface area contributed by atoms with Gasteiger partial charge in [-0.3, -0.25) is 14.4 Å². The number of oxime groups is 1. The number of nitrogens with two attached hydrogens (primary N) is 1. The molecule has 0 bridgehead atoms. The highest BCUT2D eigenvalue weighted by atomic mass is 16.6. The van der Waals surface area contributed by atoms with Crippen LogP contribution in [0.25, 0.3) is 11.1 Å². The Kier molecular flexibility index (Phi) is 7.25. The lowest BCUT2D eigenvalue weighted by molar-refractivity contribution is -0.125. The van der Waals surface area contributed by atoms with E-state index in [0.29, 0.717) is 11.3 Å². The number of likely N-dealkylation sites (tertiary alicyclic amines) is 1. The summed E-state index contributed by atoms with van der Waals surface area (Å²) in [6.45, 7) is 4.33. The fraction of sp³-hybridized carbons (Fsp3) is 0.333. The van der Waals surface area contributed by atoms with Crippen molar-refractivity contribution in [2.75, 3.05) is 20.2 Å². The van der Waals surface area contributed by atoms with Crippen molar-refractivity contribution >= 4 is 23.4 Å². The van der Waals surface area contributed by atoms with E-state index in [1.165, 1.54) is 12.0 Å². The average molecular weight is 437 g/mol. The third-order valence-electron chi connectivity index (χ3n) is 5.52. The lowest BCUT2D eigenvalue weighted by atomic mass is 9.95. The van der Waals surface area contributed by atoms with Gasteiger partial charge in [0.05, 0.1) is 12.3 Å². The zero-order valence-corrected chi connectivity index (χ0v) is 18.6. The maximum absolute atomic E-state index is 13.3. The predicted octanol–water partition coefficient (Wildman–Crippen LogP) is 2.18. The molecule has 168 valence electrons. The molecule has 0 saturated carbocycles. The number of benzene rings is 2. The number of nitrogens with zero attached hydrogens (tertiary/aromatic N) is 2. The van der Waals surface area contributed by atoms with Crippen molar-refractivity contribution < 1.29 is 19.2 Å². The maximum atomic E-state index is 13.3. The standard InChI is InChI=1S/C24H28N4O4/c1-15-6-4-5-7-19(15)20-9-8-17(12-16(20)2)24(31)28-14-18(27-32-3)13-21(28)23(30)26-11-10-22(25)29/h4-9,12,21H,10-11,13-14H2,1-3H3,(H2,25,29)(H,26,30)/t21-/m0/s1. The molecule has 0 radical (unpaired) electrons. The zero-order valence-electron chi connectivity index (χ0n) is 18.6. The van der Waals surface area contributed by atoms with Crippen LogP contribution in [0, 0.1) is 13.8 Å². The van der Waals surface area contributed by atoms with Gasteiger partial charge in [0.2, 0.25) is 11.8 Å². The van der Waals surface area contributed by atoms with E-state index in [1.54, 1.807) is 6.07 Å². The molecule has 1 fully saturated rings. The van der Waals surface area contributed by atoms with Gasteiger partial charge in [0, 0.05) is 24.9 Å². The van der Waals surface area contributed by atoms with E-state index >= 15 is 0 Å². The lowest BCUT2D eigenvalue weighted by Gasteiger charge is -2.24. The van der Waals surface area contributed by atoms with Crippen LogP contribution in [-0.4, -0.2) is 54.6 Å². The highest BCUT2D eigenvalue weighted by molar-refractivity contribution is 6.05. The molecule has 0 spiro atoms. The summed E-state index contributed by atoms with van der Waals surface area (Å²) in [4.78, 5) is 43.3. The number of primary amides is 1. The molecule has 32 heavy (non-hydrogen) atoms. The van der Waals surface area contributed by atoms with E-state index in [1.807, 2.05) is 31.2 Å². The SMILES string of the molecule is CON=C1C[C@@H](C(=O)NCCC(N)=O)N(C(=O)c2ccc(-c3ccccc3C)c(C)c2)C1. The Morgan fingerprint density at radius 1 is 1.12 bits per heavy atom. The first-order chi connectivity index (χ1) is 15.3. The van der Waals surface area contributed by atoms with Crippen LogP contribution in [0.4, 0.5) is 0 Å². The molecule has 1 atom stereocenters. The molecule has 8 heteroatoms. The Hall–Kier alpha value is -3.68. The summed E-state index contributed by atoms with van der Waals surface area (Å²) in [5.74, 6) is -1.12. The van der Waals surface area contributed by atoms with Crippen LogP contribution in [0.15, 0.2) is 47.6 Å². The van der Waals surface area contributed by atoms with Crippen molar-refractivity contribution in [3.63, 3.8) is 0 Å². The van der Waals surface area contributed by atoms with Crippen LogP contribution >= 0.6 is 0 Å². The molecular formula is C24H28N4O4. The molecule has 1 heterocycles. The summed E-state index contributed by atoms with van der Waals surface area (Å²) in [6.07, 6.45) is 0.299. The molecule has 8 nitrogen and oxygen atoms in total. The topological polar surface area (TPSA) is 114 Å². The van der Waals surface area contributed by atoms with Gasteiger partial charge < -0.3 is 20.8 Å². The first-order valence-corrected chi connectivity index (χ1v) is 10.4. The minimum absolute atomic E-state index is 0.0327. The number of aryl methyl sites for hydroxylation is 2. The summed E-state index contributed by atoms with van der Waals surface area (Å²) < 4.78 is 0. The summed E-state index contributed by atoms with van der Waals surface area (Å²) in [5.41, 5.74) is 10.5. The van der Waals surface area contributed by atoms with E-state index in [2.05, 4.69) is 29.5 Å². The van der Waals surface area contributed by atoms with Crippen molar-refractivity contribution in [2.45, 2.75) is 32.7 Å². The molecule has 1 aliphatic heterocycles. The first-order valence-electron chi connectivity index (χ1n) is 10.4. The molecule has 1 aliphatic rings. The van der Waals surface area contributed by atoms with Gasteiger partial charge in [-0.1, -0.05) is 35.5 Å². The Labute approximate surface area is 187 Å². The summed E-state index contributed by atoms with van der Waals surface area (Å²) >= 11 is 0. The van der Waals surface area contributed by atoms with Crippen molar-refractivity contribution in [2.24, 2.45) is 10.9 Å². The first kappa shape index (κ1) is 23.0. The second-order valence-electron chi connectivity index (χ2n) is 7.85. The molecule has 3 N–H and O–H groups in total. The minimum Gasteiger partial charge on any atom is -0.399 e. The second kappa shape index (κ2) is 10.1. The van der Waals surface area contributed by atoms with Crippen LogP contribution < -0.4 is 11.1 Å². The van der Waals surface area contributed by atoms with Crippen molar-refractivity contribution in [3.05, 3.63) is 59.2 Å². The number of carbonyl (C=O) groups is 3. The van der Waals surface area contributed by atoms with Crippen molar-refractivity contribution in [3.8, 4) is 11.1 Å². The molecule has 1 saturated heterocycles. The van der Waals surface area contributed by atoms with E-state index in [0.717, 1.165) is 22.3 Å². The highest BCUT2D eigenvalue weighted by Crippen LogP contribution is 2.28. The summed E-state index contributed by atoms with van der Waals surface area (Å²) in [6, 6.07) is 12.9. The normalized spacial score (nSPS) is 16.8. The number of nitrogens with one attached hydrogen (secondary N) is 1. The third kappa shape index (κ3) is 5.14. The van der Waals surface area contributed by atoms with Gasteiger partial charge in [0.1, 0.15) is 13.2 Å². The van der Waals surface area contributed by atoms with Gasteiger partial charge in [0.25, 0.3) is 5.91 Å².